The SMILES string of the molecule is O=C1OCC1C=C1CCCCC1. The van der Waals surface area contributed by atoms with E-state index < -0.39 is 0 Å². The third-order valence-electron chi connectivity index (χ3n) is 2.64. The number of rotatable bonds is 1. The fourth-order valence-corrected chi connectivity index (χ4v) is 1.82. The first-order valence-corrected chi connectivity index (χ1v) is 4.72. The van der Waals surface area contributed by atoms with Gasteiger partial charge in [0.05, 0.1) is 0 Å². The molecule has 0 radical (unpaired) electrons. The molecule has 1 aliphatic heterocycles. The Bertz CT molecular complexity index is 210. The van der Waals surface area contributed by atoms with E-state index in [1.165, 1.54) is 37.7 Å². The highest BCUT2D eigenvalue weighted by Crippen LogP contribution is 2.26. The second kappa shape index (κ2) is 3.30. The van der Waals surface area contributed by atoms with E-state index in [0.29, 0.717) is 6.61 Å². The molecule has 1 atom stereocenters. The minimum absolute atomic E-state index is 0.0342. The topological polar surface area (TPSA) is 26.3 Å². The van der Waals surface area contributed by atoms with Gasteiger partial charge in [-0.15, -0.1) is 0 Å². The third-order valence-corrected chi connectivity index (χ3v) is 2.64. The minimum atomic E-state index is -0.0342. The summed E-state index contributed by atoms with van der Waals surface area (Å²) in [5.74, 6) is 0.0613. The maximum Gasteiger partial charge on any atom is 0.316 e. The lowest BCUT2D eigenvalue weighted by Gasteiger charge is -2.23. The summed E-state index contributed by atoms with van der Waals surface area (Å²) in [5.41, 5.74) is 1.47. The first-order valence-electron chi connectivity index (χ1n) is 4.72. The molecule has 2 fully saturated rings. The number of hydrogen-bond donors (Lipinski definition) is 0. The van der Waals surface area contributed by atoms with Crippen LogP contribution in [0, 0.1) is 5.92 Å². The number of carbonyl (C=O) groups is 1. The largest absolute Gasteiger partial charge is 0.464 e. The van der Waals surface area contributed by atoms with E-state index in [1.807, 2.05) is 0 Å². The lowest BCUT2D eigenvalue weighted by Crippen LogP contribution is -2.33. The molecule has 12 heavy (non-hydrogen) atoms. The van der Waals surface area contributed by atoms with Crippen molar-refractivity contribution in [3.8, 4) is 0 Å². The Morgan fingerprint density at radius 3 is 2.50 bits per heavy atom. The van der Waals surface area contributed by atoms with E-state index in [2.05, 4.69) is 6.08 Å². The summed E-state index contributed by atoms with van der Waals surface area (Å²) < 4.78 is 4.70. The van der Waals surface area contributed by atoms with Crippen molar-refractivity contribution in [2.24, 2.45) is 5.92 Å². The van der Waals surface area contributed by atoms with Crippen molar-refractivity contribution >= 4 is 5.97 Å². The molecule has 2 nitrogen and oxygen atoms in total. The molecule has 1 saturated heterocycles. The number of allylic oxidation sites excluding steroid dienone is 1. The summed E-state index contributed by atoms with van der Waals surface area (Å²) in [6.45, 7) is 0.613. The van der Waals surface area contributed by atoms with Gasteiger partial charge in [-0.3, -0.25) is 4.79 Å². The van der Waals surface area contributed by atoms with Gasteiger partial charge in [-0.25, -0.2) is 0 Å². The van der Waals surface area contributed by atoms with E-state index in [9.17, 15) is 4.79 Å². The van der Waals surface area contributed by atoms with Crippen LogP contribution in [0.3, 0.4) is 0 Å². The second-order valence-electron chi connectivity index (χ2n) is 3.62. The molecule has 1 saturated carbocycles. The van der Waals surface area contributed by atoms with Gasteiger partial charge in [-0.05, 0) is 25.7 Å². The van der Waals surface area contributed by atoms with Crippen molar-refractivity contribution < 1.29 is 9.53 Å². The molecule has 2 rings (SSSR count). The lowest BCUT2D eigenvalue weighted by atomic mass is 9.91. The smallest absolute Gasteiger partial charge is 0.316 e. The molecule has 0 N–H and O–H groups in total. The minimum Gasteiger partial charge on any atom is -0.464 e. The molecule has 2 heteroatoms. The van der Waals surface area contributed by atoms with Crippen LogP contribution in [0.1, 0.15) is 32.1 Å². The van der Waals surface area contributed by atoms with Gasteiger partial charge in [0.25, 0.3) is 0 Å². The molecule has 2 aliphatic rings. The Balaban J connectivity index is 1.92. The highest BCUT2D eigenvalue weighted by Gasteiger charge is 2.28. The molecule has 0 bridgehead atoms. The molecule has 1 aliphatic carbocycles. The first-order chi connectivity index (χ1) is 5.86. The highest BCUT2D eigenvalue weighted by atomic mass is 16.6. The Morgan fingerprint density at radius 1 is 1.25 bits per heavy atom. The average molecular weight is 166 g/mol. The Kier molecular flexibility index (Phi) is 2.15. The molecular formula is C10H14O2. The molecule has 0 aromatic carbocycles. The number of ether oxygens (including phenoxy) is 1. The Labute approximate surface area is 72.6 Å². The first kappa shape index (κ1) is 7.84. The zero-order chi connectivity index (χ0) is 8.39. The molecular weight excluding hydrogens is 152 g/mol. The molecule has 0 spiro atoms. The van der Waals surface area contributed by atoms with Crippen LogP contribution in [0.25, 0.3) is 0 Å². The lowest BCUT2D eigenvalue weighted by molar-refractivity contribution is -0.164. The quantitative estimate of drug-likeness (QED) is 0.440. The van der Waals surface area contributed by atoms with Crippen LogP contribution in [0.2, 0.25) is 0 Å². The second-order valence-corrected chi connectivity index (χ2v) is 3.62. The van der Waals surface area contributed by atoms with E-state index in [0.717, 1.165) is 0 Å². The van der Waals surface area contributed by atoms with Crippen molar-refractivity contribution in [1.29, 1.82) is 0 Å². The highest BCUT2D eigenvalue weighted by molar-refractivity contribution is 5.79. The standard InChI is InChI=1S/C10H14O2/c11-10-9(7-12-10)6-8-4-2-1-3-5-8/h6,9H,1-5,7H2. The number of esters is 1. The van der Waals surface area contributed by atoms with Gasteiger partial charge in [0.15, 0.2) is 0 Å². The zero-order valence-corrected chi connectivity index (χ0v) is 7.21. The van der Waals surface area contributed by atoms with Crippen molar-refractivity contribution in [2.45, 2.75) is 32.1 Å². The molecule has 0 amide bonds. The fourth-order valence-electron chi connectivity index (χ4n) is 1.82. The summed E-state index contributed by atoms with van der Waals surface area (Å²) in [6, 6.07) is 0. The van der Waals surface area contributed by atoms with Gasteiger partial charge in [-0.1, -0.05) is 18.1 Å². The van der Waals surface area contributed by atoms with Gasteiger partial charge in [0, 0.05) is 0 Å². The number of cyclic esters (lactones) is 1. The van der Waals surface area contributed by atoms with Crippen LogP contribution < -0.4 is 0 Å². The van der Waals surface area contributed by atoms with Crippen LogP contribution in [0.5, 0.6) is 0 Å². The fraction of sp³-hybridized carbons (Fsp3) is 0.700. The van der Waals surface area contributed by atoms with Crippen molar-refractivity contribution in [3.63, 3.8) is 0 Å². The predicted octanol–water partition coefficient (Wildman–Crippen LogP) is 2.05. The average Bonchev–Trinajstić information content (AvgIpc) is 2.14. The van der Waals surface area contributed by atoms with E-state index in [-0.39, 0.29) is 11.9 Å². The molecule has 0 aromatic rings. The molecule has 1 heterocycles. The van der Waals surface area contributed by atoms with Crippen molar-refractivity contribution in [3.05, 3.63) is 11.6 Å². The summed E-state index contributed by atoms with van der Waals surface area (Å²) in [7, 11) is 0. The zero-order valence-electron chi connectivity index (χ0n) is 7.21. The monoisotopic (exact) mass is 166 g/mol. The van der Waals surface area contributed by atoms with Crippen molar-refractivity contribution in [1.82, 2.24) is 0 Å². The third kappa shape index (κ3) is 1.52. The number of carbonyl (C=O) groups excluding carboxylic acids is 1. The summed E-state index contributed by atoms with van der Waals surface area (Å²) >= 11 is 0. The normalized spacial score (nSPS) is 29.2. The van der Waals surface area contributed by atoms with Gasteiger partial charge in [0.2, 0.25) is 0 Å². The van der Waals surface area contributed by atoms with Crippen LogP contribution in [-0.4, -0.2) is 12.6 Å². The van der Waals surface area contributed by atoms with Crippen LogP contribution in [0.4, 0.5) is 0 Å². The maximum atomic E-state index is 10.8. The van der Waals surface area contributed by atoms with Crippen molar-refractivity contribution in [2.75, 3.05) is 6.61 Å². The Morgan fingerprint density at radius 2 is 2.00 bits per heavy atom. The van der Waals surface area contributed by atoms with E-state index in [1.54, 1.807) is 0 Å². The number of hydrogen-bond acceptors (Lipinski definition) is 2. The van der Waals surface area contributed by atoms with Gasteiger partial charge in [-0.2, -0.15) is 0 Å². The van der Waals surface area contributed by atoms with Gasteiger partial charge in [0.1, 0.15) is 12.5 Å². The van der Waals surface area contributed by atoms with Gasteiger partial charge < -0.3 is 4.74 Å². The predicted molar refractivity (Wildman–Crippen MR) is 45.6 cm³/mol. The summed E-state index contributed by atoms with van der Waals surface area (Å²) in [4.78, 5) is 10.8. The molecule has 1 unspecified atom stereocenters. The van der Waals surface area contributed by atoms with Crippen LogP contribution >= 0.6 is 0 Å². The molecule has 0 aromatic heterocycles. The summed E-state index contributed by atoms with van der Waals surface area (Å²) in [6.07, 6.45) is 8.48. The Hall–Kier alpha value is -0.790. The van der Waals surface area contributed by atoms with Gasteiger partial charge >= 0.3 is 5.97 Å². The van der Waals surface area contributed by atoms with Crippen LogP contribution in [0.15, 0.2) is 11.6 Å². The van der Waals surface area contributed by atoms with E-state index >= 15 is 0 Å². The maximum absolute atomic E-state index is 10.8. The summed E-state index contributed by atoms with van der Waals surface area (Å²) in [5, 5.41) is 0. The van der Waals surface area contributed by atoms with E-state index in [4.69, 9.17) is 4.74 Å². The van der Waals surface area contributed by atoms with Crippen LogP contribution in [-0.2, 0) is 9.53 Å². The molecule has 66 valence electrons.